The van der Waals surface area contributed by atoms with E-state index in [0.29, 0.717) is 22.7 Å². The van der Waals surface area contributed by atoms with Crippen molar-refractivity contribution in [3.8, 4) is 0 Å². The lowest BCUT2D eigenvalue weighted by molar-refractivity contribution is -0.135. The van der Waals surface area contributed by atoms with Crippen LogP contribution in [-0.2, 0) is 4.79 Å². The second-order valence-corrected chi connectivity index (χ2v) is 9.34. The van der Waals surface area contributed by atoms with Gasteiger partial charge in [0.25, 0.3) is 0 Å². The Morgan fingerprint density at radius 3 is 2.43 bits per heavy atom. The molecule has 0 radical (unpaired) electrons. The summed E-state index contributed by atoms with van der Waals surface area (Å²) >= 11 is 0. The Balaban J connectivity index is 1.65. The Labute approximate surface area is 130 Å². The van der Waals surface area contributed by atoms with Crippen molar-refractivity contribution in [3.05, 3.63) is 0 Å². The summed E-state index contributed by atoms with van der Waals surface area (Å²) in [7, 11) is 0. The van der Waals surface area contributed by atoms with Crippen LogP contribution >= 0.6 is 0 Å². The Bertz CT molecular complexity index is 430. The van der Waals surface area contributed by atoms with Crippen LogP contribution in [0.1, 0.15) is 78.1 Å². The molecule has 1 heteroatoms. The van der Waals surface area contributed by atoms with Gasteiger partial charge in [-0.15, -0.1) is 0 Å². The fourth-order valence-corrected chi connectivity index (χ4v) is 7.64. The molecule has 4 rings (SSSR count). The van der Waals surface area contributed by atoms with E-state index in [-0.39, 0.29) is 0 Å². The Morgan fingerprint density at radius 2 is 1.62 bits per heavy atom. The number of aldehydes is 1. The van der Waals surface area contributed by atoms with E-state index in [1.807, 2.05) is 0 Å². The van der Waals surface area contributed by atoms with Crippen molar-refractivity contribution >= 4 is 6.29 Å². The van der Waals surface area contributed by atoms with Gasteiger partial charge in [0.05, 0.1) is 0 Å². The van der Waals surface area contributed by atoms with Gasteiger partial charge in [0, 0.05) is 5.92 Å². The molecule has 0 aliphatic heterocycles. The first-order valence-corrected chi connectivity index (χ1v) is 9.54. The van der Waals surface area contributed by atoms with Crippen molar-refractivity contribution < 1.29 is 4.79 Å². The van der Waals surface area contributed by atoms with Gasteiger partial charge >= 0.3 is 0 Å². The average Bonchev–Trinajstić information content (AvgIpc) is 2.87. The second kappa shape index (κ2) is 4.83. The van der Waals surface area contributed by atoms with Crippen LogP contribution in [-0.4, -0.2) is 6.29 Å². The summed E-state index contributed by atoms with van der Waals surface area (Å²) in [4.78, 5) is 11.6. The molecule has 6 unspecified atom stereocenters. The lowest BCUT2D eigenvalue weighted by Crippen LogP contribution is -2.53. The molecule has 21 heavy (non-hydrogen) atoms. The van der Waals surface area contributed by atoms with Crippen molar-refractivity contribution in [3.63, 3.8) is 0 Å². The maximum Gasteiger partial charge on any atom is 0.123 e. The first-order valence-electron chi connectivity index (χ1n) is 9.54. The van der Waals surface area contributed by atoms with Crippen LogP contribution in [0.15, 0.2) is 0 Å². The molecule has 0 spiro atoms. The minimum atomic E-state index is 0.376. The van der Waals surface area contributed by atoms with Gasteiger partial charge in [0.2, 0.25) is 0 Å². The van der Waals surface area contributed by atoms with E-state index < -0.39 is 0 Å². The molecule has 0 aromatic heterocycles. The van der Waals surface area contributed by atoms with Crippen LogP contribution in [0.5, 0.6) is 0 Å². The van der Waals surface area contributed by atoms with Crippen LogP contribution in [0.4, 0.5) is 0 Å². The highest BCUT2D eigenvalue weighted by Gasteiger charge is 2.58. The Morgan fingerprint density at radius 1 is 0.810 bits per heavy atom. The molecule has 1 nitrogen and oxygen atoms in total. The third-order valence-electron chi connectivity index (χ3n) is 8.67. The quantitative estimate of drug-likeness (QED) is 0.603. The fraction of sp³-hybridized carbons (Fsp3) is 0.950. The Hall–Kier alpha value is -0.330. The first kappa shape index (κ1) is 14.3. The highest BCUT2D eigenvalue weighted by molar-refractivity contribution is 5.54. The molecule has 118 valence electrons. The van der Waals surface area contributed by atoms with E-state index >= 15 is 0 Å². The fourth-order valence-electron chi connectivity index (χ4n) is 7.64. The van der Waals surface area contributed by atoms with Gasteiger partial charge in [-0.1, -0.05) is 26.7 Å². The van der Waals surface area contributed by atoms with Gasteiger partial charge in [0.15, 0.2) is 0 Å². The van der Waals surface area contributed by atoms with Gasteiger partial charge in [-0.05, 0) is 85.9 Å². The summed E-state index contributed by atoms with van der Waals surface area (Å²) in [5.41, 5.74) is 1.15. The second-order valence-electron chi connectivity index (χ2n) is 9.34. The van der Waals surface area contributed by atoms with E-state index in [2.05, 4.69) is 13.8 Å². The van der Waals surface area contributed by atoms with Gasteiger partial charge < -0.3 is 4.79 Å². The molecular weight excluding hydrogens is 256 g/mol. The summed E-state index contributed by atoms with van der Waals surface area (Å²) in [6.07, 6.45) is 15.3. The molecular formula is C20H32O. The predicted octanol–water partition coefficient (Wildman–Crippen LogP) is 5.23. The predicted molar refractivity (Wildman–Crippen MR) is 85.9 cm³/mol. The van der Waals surface area contributed by atoms with Gasteiger partial charge in [0.1, 0.15) is 6.29 Å². The van der Waals surface area contributed by atoms with Crippen LogP contribution in [0.3, 0.4) is 0 Å². The van der Waals surface area contributed by atoms with Crippen molar-refractivity contribution in [2.45, 2.75) is 78.1 Å². The van der Waals surface area contributed by atoms with Crippen LogP contribution in [0.25, 0.3) is 0 Å². The highest BCUT2D eigenvalue weighted by atomic mass is 16.1. The van der Waals surface area contributed by atoms with E-state index in [1.54, 1.807) is 0 Å². The van der Waals surface area contributed by atoms with E-state index in [1.165, 1.54) is 70.5 Å². The van der Waals surface area contributed by atoms with E-state index in [9.17, 15) is 4.79 Å². The molecule has 4 aliphatic rings. The number of carbonyl (C=O) groups excluding carboxylic acids is 1. The standard InChI is InChI=1S/C20H32O/c1-19-10-4-6-17(19)15-7-8-16-14(13-21)5-3-11-20(16,2)18(15)9-12-19/h13-18H,3-12H2,1-2H3/t14-,15?,16?,17?,18?,19?,20?/m1/s1. The SMILES string of the molecule is CC12CCCC1C1CCC3[C@@H](C=O)CCCC3(C)C1CC2. The minimum absolute atomic E-state index is 0.376. The third-order valence-corrected chi connectivity index (χ3v) is 8.67. The largest absolute Gasteiger partial charge is 0.303 e. The van der Waals surface area contributed by atoms with E-state index in [4.69, 9.17) is 0 Å². The van der Waals surface area contributed by atoms with Crippen molar-refractivity contribution in [1.82, 2.24) is 0 Å². The molecule has 4 fully saturated rings. The molecule has 0 bridgehead atoms. The zero-order chi connectivity index (χ0) is 14.7. The Kier molecular flexibility index (Phi) is 3.28. The average molecular weight is 288 g/mol. The summed E-state index contributed by atoms with van der Waals surface area (Å²) < 4.78 is 0. The summed E-state index contributed by atoms with van der Waals surface area (Å²) in [6, 6.07) is 0. The first-order chi connectivity index (χ1) is 10.1. The number of fused-ring (bicyclic) bond motifs is 5. The molecule has 0 N–H and O–H groups in total. The molecule has 0 saturated heterocycles. The van der Waals surface area contributed by atoms with Gasteiger partial charge in [-0.25, -0.2) is 0 Å². The molecule has 0 aromatic carbocycles. The summed E-state index contributed by atoms with van der Waals surface area (Å²) in [5, 5.41) is 0. The highest BCUT2D eigenvalue weighted by Crippen LogP contribution is 2.66. The molecule has 4 saturated carbocycles. The molecule has 4 aliphatic carbocycles. The number of hydrogen-bond acceptors (Lipinski definition) is 1. The maximum atomic E-state index is 11.6. The molecule has 0 amide bonds. The van der Waals surface area contributed by atoms with Crippen LogP contribution < -0.4 is 0 Å². The molecule has 7 atom stereocenters. The van der Waals surface area contributed by atoms with E-state index in [0.717, 1.165) is 17.8 Å². The monoisotopic (exact) mass is 288 g/mol. The number of rotatable bonds is 1. The van der Waals surface area contributed by atoms with Crippen LogP contribution in [0, 0.1) is 40.4 Å². The number of carbonyl (C=O) groups is 1. The number of hydrogen-bond donors (Lipinski definition) is 0. The zero-order valence-corrected chi connectivity index (χ0v) is 13.9. The van der Waals surface area contributed by atoms with Crippen molar-refractivity contribution in [1.29, 1.82) is 0 Å². The van der Waals surface area contributed by atoms with Gasteiger partial charge in [-0.3, -0.25) is 0 Å². The van der Waals surface area contributed by atoms with Crippen molar-refractivity contribution in [2.75, 3.05) is 0 Å². The van der Waals surface area contributed by atoms with Gasteiger partial charge in [-0.2, -0.15) is 0 Å². The summed E-state index contributed by atoms with van der Waals surface area (Å²) in [5.74, 6) is 4.00. The normalized spacial score (nSPS) is 56.2. The van der Waals surface area contributed by atoms with Crippen molar-refractivity contribution in [2.24, 2.45) is 40.4 Å². The zero-order valence-electron chi connectivity index (χ0n) is 13.9. The smallest absolute Gasteiger partial charge is 0.123 e. The third kappa shape index (κ3) is 1.91. The lowest BCUT2D eigenvalue weighted by atomic mass is 9.44. The maximum absolute atomic E-state index is 11.6. The lowest BCUT2D eigenvalue weighted by Gasteiger charge is -2.61. The summed E-state index contributed by atoms with van der Waals surface area (Å²) in [6.45, 7) is 5.16. The van der Waals surface area contributed by atoms with Crippen LogP contribution in [0.2, 0.25) is 0 Å². The topological polar surface area (TPSA) is 17.1 Å². The molecule has 0 aromatic rings. The molecule has 0 heterocycles. The minimum Gasteiger partial charge on any atom is -0.303 e.